The summed E-state index contributed by atoms with van der Waals surface area (Å²) in [7, 11) is 0. The lowest BCUT2D eigenvalue weighted by Gasteiger charge is -2.07. The van der Waals surface area contributed by atoms with Crippen LogP contribution in [0.5, 0.6) is 0 Å². The zero-order valence-electron chi connectivity index (χ0n) is 9.90. The molecule has 1 aromatic carbocycles. The number of rotatable bonds is 3. The normalized spacial score (nSPS) is 10.2. The van der Waals surface area contributed by atoms with Crippen molar-refractivity contribution in [2.75, 3.05) is 5.32 Å². The first-order valence-corrected chi connectivity index (χ1v) is 6.41. The Morgan fingerprint density at radius 2 is 2.16 bits per heavy atom. The zero-order chi connectivity index (χ0) is 14.0. The Balaban J connectivity index is 2.26. The van der Waals surface area contributed by atoms with E-state index < -0.39 is 11.9 Å². The van der Waals surface area contributed by atoms with E-state index in [4.69, 9.17) is 5.11 Å². The first kappa shape index (κ1) is 13.5. The molecule has 0 aliphatic heterocycles. The molecule has 0 radical (unpaired) electrons. The van der Waals surface area contributed by atoms with Gasteiger partial charge in [0.1, 0.15) is 0 Å². The number of hydrogen-bond donors (Lipinski definition) is 3. The van der Waals surface area contributed by atoms with Crippen LogP contribution in [0.1, 0.15) is 26.5 Å². The van der Waals surface area contributed by atoms with Gasteiger partial charge in [0.15, 0.2) is 11.4 Å². The lowest BCUT2D eigenvalue weighted by Crippen LogP contribution is -2.17. The molecule has 0 aliphatic rings. The fourth-order valence-corrected chi connectivity index (χ4v) is 2.23. The molecule has 0 fully saturated rings. The van der Waals surface area contributed by atoms with Gasteiger partial charge in [-0.05, 0) is 53.3 Å². The van der Waals surface area contributed by atoms with Crippen molar-refractivity contribution in [2.45, 2.75) is 6.92 Å². The van der Waals surface area contributed by atoms with E-state index in [1.54, 1.807) is 6.07 Å². The third-order valence-corrected chi connectivity index (χ3v) is 3.18. The summed E-state index contributed by atoms with van der Waals surface area (Å²) in [5.74, 6) is -1.77. The number of halogens is 1. The number of benzene rings is 1. The summed E-state index contributed by atoms with van der Waals surface area (Å²) in [6, 6.07) is 5.53. The number of carboxylic acids is 1. The van der Waals surface area contributed by atoms with Gasteiger partial charge in [0.25, 0.3) is 5.91 Å². The van der Waals surface area contributed by atoms with Crippen LogP contribution in [0.2, 0.25) is 0 Å². The quantitative estimate of drug-likeness (QED) is 0.722. The monoisotopic (exact) mass is 371 g/mol. The average molecular weight is 371 g/mol. The molecule has 7 heteroatoms. The number of carboxylic acid groups (broad SMARTS) is 1. The van der Waals surface area contributed by atoms with Crippen molar-refractivity contribution in [2.24, 2.45) is 0 Å². The molecule has 19 heavy (non-hydrogen) atoms. The zero-order valence-corrected chi connectivity index (χ0v) is 12.1. The first-order chi connectivity index (χ1) is 8.99. The summed E-state index contributed by atoms with van der Waals surface area (Å²) in [6.45, 7) is 1.86. The van der Waals surface area contributed by atoms with Crippen molar-refractivity contribution in [1.29, 1.82) is 0 Å². The number of amides is 1. The van der Waals surface area contributed by atoms with E-state index in [1.165, 1.54) is 6.33 Å². The molecule has 98 valence electrons. The summed E-state index contributed by atoms with van der Waals surface area (Å²) in [5.41, 5.74) is 1.17. The van der Waals surface area contributed by atoms with E-state index >= 15 is 0 Å². The Morgan fingerprint density at radius 1 is 1.42 bits per heavy atom. The molecule has 1 heterocycles. The Kier molecular flexibility index (Phi) is 3.84. The molecule has 0 aliphatic carbocycles. The fourth-order valence-electron chi connectivity index (χ4n) is 1.58. The number of aryl methyl sites for hydroxylation is 1. The molecule has 1 aromatic heterocycles. The van der Waals surface area contributed by atoms with Crippen LogP contribution in [-0.2, 0) is 0 Å². The van der Waals surface area contributed by atoms with Gasteiger partial charge >= 0.3 is 5.97 Å². The predicted octanol–water partition coefficient (Wildman–Crippen LogP) is 2.27. The number of nitrogens with one attached hydrogen (secondary N) is 2. The van der Waals surface area contributed by atoms with Crippen molar-refractivity contribution in [3.63, 3.8) is 0 Å². The van der Waals surface area contributed by atoms with Crippen molar-refractivity contribution in [1.82, 2.24) is 9.97 Å². The molecule has 1 amide bonds. The second-order valence-corrected chi connectivity index (χ2v) is 5.09. The Hall–Kier alpha value is -1.90. The molecular formula is C12H10IN3O3. The maximum Gasteiger partial charge on any atom is 0.354 e. The van der Waals surface area contributed by atoms with Gasteiger partial charge in [-0.2, -0.15) is 0 Å². The molecule has 2 rings (SSSR count). The van der Waals surface area contributed by atoms with Crippen LogP contribution in [0.15, 0.2) is 24.5 Å². The van der Waals surface area contributed by atoms with E-state index in [0.29, 0.717) is 5.69 Å². The molecule has 0 saturated heterocycles. The maximum atomic E-state index is 12.0. The van der Waals surface area contributed by atoms with Crippen molar-refractivity contribution in [3.8, 4) is 0 Å². The number of aromatic carboxylic acids is 1. The van der Waals surface area contributed by atoms with Gasteiger partial charge in [0, 0.05) is 9.26 Å². The van der Waals surface area contributed by atoms with Crippen molar-refractivity contribution >= 4 is 40.2 Å². The lowest BCUT2D eigenvalue weighted by atomic mass is 10.2. The molecule has 0 saturated carbocycles. The van der Waals surface area contributed by atoms with E-state index in [9.17, 15) is 9.59 Å². The van der Waals surface area contributed by atoms with Crippen LogP contribution in [0.25, 0.3) is 0 Å². The summed E-state index contributed by atoms with van der Waals surface area (Å²) >= 11 is 2.17. The van der Waals surface area contributed by atoms with E-state index in [0.717, 1.165) is 9.13 Å². The lowest BCUT2D eigenvalue weighted by molar-refractivity contribution is 0.0686. The Bertz CT molecular complexity index is 651. The highest BCUT2D eigenvalue weighted by Crippen LogP contribution is 2.18. The van der Waals surface area contributed by atoms with Gasteiger partial charge in [-0.3, -0.25) is 4.79 Å². The van der Waals surface area contributed by atoms with E-state index in [1.807, 2.05) is 19.1 Å². The molecule has 0 unspecified atom stereocenters. The Labute approximate surface area is 122 Å². The van der Waals surface area contributed by atoms with Crippen LogP contribution in [0.3, 0.4) is 0 Å². The molecule has 0 spiro atoms. The van der Waals surface area contributed by atoms with Crippen LogP contribution in [0.4, 0.5) is 5.69 Å². The number of H-pyrrole nitrogens is 1. The second kappa shape index (κ2) is 5.39. The highest BCUT2D eigenvalue weighted by molar-refractivity contribution is 14.1. The van der Waals surface area contributed by atoms with Crippen LogP contribution in [0, 0.1) is 10.5 Å². The number of anilines is 1. The average Bonchev–Trinajstić information content (AvgIpc) is 2.82. The number of carbonyl (C=O) groups is 2. The molecule has 0 bridgehead atoms. The first-order valence-electron chi connectivity index (χ1n) is 5.33. The minimum atomic E-state index is -1.22. The molecule has 3 N–H and O–H groups in total. The van der Waals surface area contributed by atoms with Crippen LogP contribution < -0.4 is 5.32 Å². The molecular weight excluding hydrogens is 361 g/mol. The Morgan fingerprint density at radius 3 is 2.79 bits per heavy atom. The highest BCUT2D eigenvalue weighted by Gasteiger charge is 2.20. The van der Waals surface area contributed by atoms with Crippen molar-refractivity contribution in [3.05, 3.63) is 45.0 Å². The minimum absolute atomic E-state index is 0.134. The number of aromatic amines is 1. The summed E-state index contributed by atoms with van der Waals surface area (Å²) < 4.78 is 1.05. The van der Waals surface area contributed by atoms with Gasteiger partial charge in [0.2, 0.25) is 0 Å². The highest BCUT2D eigenvalue weighted by atomic mass is 127. The number of aromatic nitrogens is 2. The maximum absolute atomic E-state index is 12.0. The second-order valence-electron chi connectivity index (χ2n) is 3.84. The van der Waals surface area contributed by atoms with Crippen LogP contribution in [-0.4, -0.2) is 27.0 Å². The van der Waals surface area contributed by atoms with E-state index in [2.05, 4.69) is 37.9 Å². The summed E-state index contributed by atoms with van der Waals surface area (Å²) in [5, 5.41) is 11.6. The van der Waals surface area contributed by atoms with Crippen LogP contribution >= 0.6 is 22.6 Å². The molecule has 2 aromatic rings. The standard InChI is InChI=1S/C12H10IN3O3/c1-6-4-7(13)2-3-8(6)16-11(17)9-10(12(18)19)15-5-14-9/h2-5H,1H3,(H,14,15)(H,16,17)(H,18,19). The fraction of sp³-hybridized carbons (Fsp3) is 0.0833. The topological polar surface area (TPSA) is 95.1 Å². The largest absolute Gasteiger partial charge is 0.477 e. The van der Waals surface area contributed by atoms with Gasteiger partial charge in [-0.1, -0.05) is 0 Å². The smallest absolute Gasteiger partial charge is 0.354 e. The number of imidazole rings is 1. The molecule has 0 atom stereocenters. The predicted molar refractivity (Wildman–Crippen MR) is 77.4 cm³/mol. The number of hydrogen-bond acceptors (Lipinski definition) is 3. The number of nitrogens with zero attached hydrogens (tertiary/aromatic N) is 1. The van der Waals surface area contributed by atoms with Gasteiger partial charge < -0.3 is 15.4 Å². The molecule has 6 nitrogen and oxygen atoms in total. The van der Waals surface area contributed by atoms with E-state index in [-0.39, 0.29) is 11.4 Å². The third kappa shape index (κ3) is 2.92. The summed E-state index contributed by atoms with van der Waals surface area (Å²) in [4.78, 5) is 29.0. The summed E-state index contributed by atoms with van der Waals surface area (Å²) in [6.07, 6.45) is 1.18. The van der Waals surface area contributed by atoms with Crippen molar-refractivity contribution < 1.29 is 14.7 Å². The van der Waals surface area contributed by atoms with Gasteiger partial charge in [-0.25, -0.2) is 9.78 Å². The van der Waals surface area contributed by atoms with Gasteiger partial charge in [0.05, 0.1) is 6.33 Å². The minimum Gasteiger partial charge on any atom is -0.477 e. The third-order valence-electron chi connectivity index (χ3n) is 2.50. The van der Waals surface area contributed by atoms with Gasteiger partial charge in [-0.15, -0.1) is 0 Å². The SMILES string of the molecule is Cc1cc(I)ccc1NC(=O)c1nc[nH]c1C(=O)O. The number of carbonyl (C=O) groups excluding carboxylic acids is 1.